The van der Waals surface area contributed by atoms with E-state index in [1.54, 1.807) is 6.07 Å². The van der Waals surface area contributed by atoms with Crippen LogP contribution in [-0.4, -0.2) is 24.6 Å². The third-order valence-electron chi connectivity index (χ3n) is 4.71. The first-order chi connectivity index (χ1) is 12.4. The topological polar surface area (TPSA) is 12.5 Å². The summed E-state index contributed by atoms with van der Waals surface area (Å²) in [6, 6.07) is 15.6. The number of halogens is 3. The molecule has 0 saturated heterocycles. The van der Waals surface area contributed by atoms with Gasteiger partial charge >= 0.3 is 6.18 Å². The highest BCUT2D eigenvalue weighted by molar-refractivity contribution is 5.35. The van der Waals surface area contributed by atoms with Crippen molar-refractivity contribution in [1.29, 1.82) is 0 Å². The molecule has 0 bridgehead atoms. The standard InChI is InChI=1S/C21H24F3NO/c1-25(15-16-7-3-2-4-8-16)14-13-19(17-11-12-17)26-20-10-6-5-9-18(20)21(22,23)24/h2-10,17,19H,11-15H2,1H3. The molecule has 1 fully saturated rings. The molecule has 3 rings (SSSR count). The number of rotatable bonds is 8. The van der Waals surface area contributed by atoms with E-state index in [2.05, 4.69) is 17.0 Å². The fraction of sp³-hybridized carbons (Fsp3) is 0.429. The van der Waals surface area contributed by atoms with Crippen LogP contribution in [0, 0.1) is 5.92 Å². The first-order valence-corrected chi connectivity index (χ1v) is 8.99. The summed E-state index contributed by atoms with van der Waals surface area (Å²) in [6.07, 6.45) is -1.78. The Morgan fingerprint density at radius 1 is 1.04 bits per heavy atom. The Morgan fingerprint density at radius 3 is 2.35 bits per heavy atom. The van der Waals surface area contributed by atoms with Crippen molar-refractivity contribution < 1.29 is 17.9 Å². The summed E-state index contributed by atoms with van der Waals surface area (Å²) in [7, 11) is 2.03. The molecule has 0 aromatic heterocycles. The van der Waals surface area contributed by atoms with Gasteiger partial charge in [-0.2, -0.15) is 13.2 Å². The predicted octanol–water partition coefficient (Wildman–Crippen LogP) is 5.38. The summed E-state index contributed by atoms with van der Waals surface area (Å²) >= 11 is 0. The summed E-state index contributed by atoms with van der Waals surface area (Å²) in [6.45, 7) is 1.60. The second kappa shape index (κ2) is 8.12. The molecule has 0 spiro atoms. The second-order valence-electron chi connectivity index (χ2n) is 7.00. The highest BCUT2D eigenvalue weighted by atomic mass is 19.4. The Morgan fingerprint density at radius 2 is 1.69 bits per heavy atom. The highest BCUT2D eigenvalue weighted by Gasteiger charge is 2.37. The molecule has 2 aromatic carbocycles. The lowest BCUT2D eigenvalue weighted by Gasteiger charge is -2.24. The van der Waals surface area contributed by atoms with Crippen molar-refractivity contribution in [1.82, 2.24) is 4.90 Å². The average Bonchev–Trinajstić information content (AvgIpc) is 3.44. The monoisotopic (exact) mass is 363 g/mol. The molecule has 140 valence electrons. The molecule has 1 saturated carbocycles. The van der Waals surface area contributed by atoms with E-state index >= 15 is 0 Å². The maximum absolute atomic E-state index is 13.2. The van der Waals surface area contributed by atoms with E-state index in [1.165, 1.54) is 17.7 Å². The second-order valence-corrected chi connectivity index (χ2v) is 7.00. The maximum Gasteiger partial charge on any atom is 0.419 e. The summed E-state index contributed by atoms with van der Waals surface area (Å²) in [4.78, 5) is 2.18. The molecule has 0 aliphatic heterocycles. The largest absolute Gasteiger partial charge is 0.489 e. The first-order valence-electron chi connectivity index (χ1n) is 8.99. The lowest BCUT2D eigenvalue weighted by Crippen LogP contribution is -2.28. The third kappa shape index (κ3) is 5.24. The minimum Gasteiger partial charge on any atom is -0.489 e. The van der Waals surface area contributed by atoms with Crippen molar-refractivity contribution in [3.8, 4) is 5.75 Å². The SMILES string of the molecule is CN(CCC(Oc1ccccc1C(F)(F)F)C1CC1)Cc1ccccc1. The molecule has 0 radical (unpaired) electrons. The summed E-state index contributed by atoms with van der Waals surface area (Å²) in [5, 5.41) is 0. The Kier molecular flexibility index (Phi) is 5.87. The Labute approximate surface area is 152 Å². The minimum atomic E-state index is -4.39. The molecule has 1 atom stereocenters. The Hall–Kier alpha value is -2.01. The van der Waals surface area contributed by atoms with Gasteiger partial charge in [0.15, 0.2) is 0 Å². The molecule has 1 aliphatic carbocycles. The first kappa shape index (κ1) is 18.8. The summed E-state index contributed by atoms with van der Waals surface area (Å²) < 4.78 is 45.4. The van der Waals surface area contributed by atoms with Gasteiger partial charge in [-0.15, -0.1) is 0 Å². The molecule has 2 nitrogen and oxygen atoms in total. The number of ether oxygens (including phenoxy) is 1. The van der Waals surface area contributed by atoms with Crippen LogP contribution in [0.5, 0.6) is 5.75 Å². The zero-order valence-corrected chi connectivity index (χ0v) is 14.9. The van der Waals surface area contributed by atoms with Gasteiger partial charge in [-0.1, -0.05) is 42.5 Å². The van der Waals surface area contributed by atoms with E-state index in [4.69, 9.17) is 4.74 Å². The molecule has 5 heteroatoms. The number of benzene rings is 2. The predicted molar refractivity (Wildman–Crippen MR) is 96.0 cm³/mol. The number of hydrogen-bond acceptors (Lipinski definition) is 2. The van der Waals surface area contributed by atoms with Gasteiger partial charge in [0.05, 0.1) is 5.56 Å². The third-order valence-corrected chi connectivity index (χ3v) is 4.71. The van der Waals surface area contributed by atoms with E-state index in [0.29, 0.717) is 5.92 Å². The van der Waals surface area contributed by atoms with Gasteiger partial charge in [0.1, 0.15) is 11.9 Å². The fourth-order valence-electron chi connectivity index (χ4n) is 3.15. The molecular weight excluding hydrogens is 339 g/mol. The van der Waals surface area contributed by atoms with Crippen molar-refractivity contribution in [3.63, 3.8) is 0 Å². The molecule has 0 N–H and O–H groups in total. The number of alkyl halides is 3. The summed E-state index contributed by atoms with van der Waals surface area (Å²) in [5.41, 5.74) is 0.532. The van der Waals surface area contributed by atoms with Crippen LogP contribution in [0.4, 0.5) is 13.2 Å². The van der Waals surface area contributed by atoms with Gasteiger partial charge in [-0.25, -0.2) is 0 Å². The van der Waals surface area contributed by atoms with E-state index in [1.807, 2.05) is 25.2 Å². The highest BCUT2D eigenvalue weighted by Crippen LogP contribution is 2.40. The van der Waals surface area contributed by atoms with E-state index in [0.717, 1.165) is 38.4 Å². The lowest BCUT2D eigenvalue weighted by molar-refractivity contribution is -0.139. The molecule has 0 amide bonds. The van der Waals surface area contributed by atoms with Gasteiger partial charge < -0.3 is 9.64 Å². The van der Waals surface area contributed by atoms with Crippen molar-refractivity contribution in [3.05, 3.63) is 65.7 Å². The summed E-state index contributed by atoms with van der Waals surface area (Å²) in [5.74, 6) is 0.309. The minimum absolute atomic E-state index is 0.0531. The molecule has 26 heavy (non-hydrogen) atoms. The van der Waals surface area contributed by atoms with Gasteiger partial charge in [-0.3, -0.25) is 0 Å². The number of nitrogens with zero attached hydrogens (tertiary/aromatic N) is 1. The van der Waals surface area contributed by atoms with E-state index in [-0.39, 0.29) is 11.9 Å². The van der Waals surface area contributed by atoms with Crippen LogP contribution in [0.25, 0.3) is 0 Å². The number of para-hydroxylation sites is 1. The van der Waals surface area contributed by atoms with Crippen molar-refractivity contribution in [2.24, 2.45) is 5.92 Å². The normalized spacial score (nSPS) is 15.9. The van der Waals surface area contributed by atoms with Crippen molar-refractivity contribution in [2.45, 2.75) is 38.1 Å². The van der Waals surface area contributed by atoms with E-state index < -0.39 is 11.7 Å². The smallest absolute Gasteiger partial charge is 0.419 e. The molecular formula is C21H24F3NO. The van der Waals surface area contributed by atoms with Gasteiger partial charge in [0, 0.05) is 13.1 Å². The van der Waals surface area contributed by atoms with E-state index in [9.17, 15) is 13.2 Å². The molecule has 2 aromatic rings. The fourth-order valence-corrected chi connectivity index (χ4v) is 3.15. The van der Waals surface area contributed by atoms with Crippen LogP contribution in [-0.2, 0) is 12.7 Å². The van der Waals surface area contributed by atoms with Crippen LogP contribution >= 0.6 is 0 Å². The van der Waals surface area contributed by atoms with Crippen LogP contribution in [0.15, 0.2) is 54.6 Å². The van der Waals surface area contributed by atoms with Gasteiger partial charge in [0.25, 0.3) is 0 Å². The lowest BCUT2D eigenvalue weighted by atomic mass is 10.1. The van der Waals surface area contributed by atoms with Gasteiger partial charge in [0.2, 0.25) is 0 Å². The maximum atomic E-state index is 13.2. The van der Waals surface area contributed by atoms with Crippen molar-refractivity contribution >= 4 is 0 Å². The van der Waals surface area contributed by atoms with Crippen LogP contribution < -0.4 is 4.74 Å². The molecule has 1 unspecified atom stereocenters. The quantitative estimate of drug-likeness (QED) is 0.624. The zero-order chi connectivity index (χ0) is 18.6. The van der Waals surface area contributed by atoms with Crippen molar-refractivity contribution in [2.75, 3.05) is 13.6 Å². The average molecular weight is 363 g/mol. The zero-order valence-electron chi connectivity index (χ0n) is 14.9. The molecule has 0 heterocycles. The Bertz CT molecular complexity index is 698. The number of hydrogen-bond donors (Lipinski definition) is 0. The molecule has 1 aliphatic rings. The van der Waals surface area contributed by atoms with Crippen LogP contribution in [0.3, 0.4) is 0 Å². The van der Waals surface area contributed by atoms with Crippen LogP contribution in [0.2, 0.25) is 0 Å². The van der Waals surface area contributed by atoms with Crippen LogP contribution in [0.1, 0.15) is 30.4 Å². The van der Waals surface area contributed by atoms with Gasteiger partial charge in [-0.05, 0) is 49.9 Å². The Balaban J connectivity index is 1.60.